The lowest BCUT2D eigenvalue weighted by Gasteiger charge is -2.03. The number of benzene rings is 1. The van der Waals surface area contributed by atoms with Gasteiger partial charge >= 0.3 is 5.97 Å². The summed E-state index contributed by atoms with van der Waals surface area (Å²) in [4.78, 5) is 10.2. The molecule has 5 heteroatoms. The van der Waals surface area contributed by atoms with E-state index in [2.05, 4.69) is 15.9 Å². The zero-order chi connectivity index (χ0) is 10.0. The van der Waals surface area contributed by atoms with Crippen LogP contribution in [0, 0.1) is 5.82 Å². The summed E-state index contributed by atoms with van der Waals surface area (Å²) >= 11 is 2.93. The highest BCUT2D eigenvalue weighted by Crippen LogP contribution is 2.22. The van der Waals surface area contributed by atoms with Crippen LogP contribution in [-0.2, 0) is 4.79 Å². The van der Waals surface area contributed by atoms with E-state index >= 15 is 0 Å². The molecule has 1 aromatic rings. The molecule has 0 radical (unpaired) electrons. The lowest BCUT2D eigenvalue weighted by molar-refractivity contribution is -0.143. The third kappa shape index (κ3) is 2.48. The zero-order valence-corrected chi connectivity index (χ0v) is 7.88. The number of hydrogen-bond acceptors (Lipinski definition) is 1. The van der Waals surface area contributed by atoms with E-state index in [4.69, 9.17) is 5.11 Å². The minimum Gasteiger partial charge on any atom is -0.479 e. The van der Waals surface area contributed by atoms with Crippen molar-refractivity contribution in [3.8, 4) is 0 Å². The molecule has 1 N–H and O–H groups in total. The molecule has 0 bridgehead atoms. The van der Waals surface area contributed by atoms with Crippen LogP contribution in [0.3, 0.4) is 0 Å². The Morgan fingerprint density at radius 3 is 2.54 bits per heavy atom. The van der Waals surface area contributed by atoms with Crippen LogP contribution >= 0.6 is 15.9 Å². The van der Waals surface area contributed by atoms with E-state index in [0.29, 0.717) is 4.47 Å². The van der Waals surface area contributed by atoms with Crippen LogP contribution in [0.4, 0.5) is 8.78 Å². The first-order valence-corrected chi connectivity index (χ1v) is 4.13. The monoisotopic (exact) mass is 250 g/mol. The van der Waals surface area contributed by atoms with Gasteiger partial charge in [-0.3, -0.25) is 0 Å². The van der Waals surface area contributed by atoms with Gasteiger partial charge in [-0.05, 0) is 18.2 Å². The van der Waals surface area contributed by atoms with E-state index in [0.717, 1.165) is 12.1 Å². The largest absolute Gasteiger partial charge is 0.479 e. The van der Waals surface area contributed by atoms with Crippen molar-refractivity contribution in [3.63, 3.8) is 0 Å². The molecule has 1 aromatic carbocycles. The van der Waals surface area contributed by atoms with Crippen molar-refractivity contribution in [1.82, 2.24) is 0 Å². The topological polar surface area (TPSA) is 37.3 Å². The first-order valence-electron chi connectivity index (χ1n) is 3.33. The predicted octanol–water partition coefficient (Wildman–Crippen LogP) is 2.68. The molecule has 1 unspecified atom stereocenters. The lowest BCUT2D eigenvalue weighted by Crippen LogP contribution is -2.06. The van der Waals surface area contributed by atoms with Crippen molar-refractivity contribution in [1.29, 1.82) is 0 Å². The Hall–Kier alpha value is -0.970. The van der Waals surface area contributed by atoms with Gasteiger partial charge in [-0.1, -0.05) is 15.9 Å². The summed E-state index contributed by atoms with van der Waals surface area (Å²) < 4.78 is 25.8. The molecule has 0 aliphatic rings. The van der Waals surface area contributed by atoms with Crippen molar-refractivity contribution < 1.29 is 18.7 Å². The number of carboxylic acids is 1. The van der Waals surface area contributed by atoms with Gasteiger partial charge in [0, 0.05) is 10.0 Å². The fourth-order valence-corrected chi connectivity index (χ4v) is 1.35. The maximum Gasteiger partial charge on any atom is 0.343 e. The third-order valence-corrected chi connectivity index (χ3v) is 1.85. The maximum atomic E-state index is 12.8. The molecule has 0 spiro atoms. The van der Waals surface area contributed by atoms with Crippen LogP contribution in [-0.4, -0.2) is 11.1 Å². The van der Waals surface area contributed by atoms with Crippen LogP contribution in [0.5, 0.6) is 0 Å². The van der Waals surface area contributed by atoms with Crippen LogP contribution < -0.4 is 0 Å². The number of aliphatic carboxylic acids is 1. The molecule has 1 rings (SSSR count). The van der Waals surface area contributed by atoms with E-state index in [9.17, 15) is 13.6 Å². The van der Waals surface area contributed by atoms with Gasteiger partial charge in [-0.25, -0.2) is 13.6 Å². The SMILES string of the molecule is O=C(O)C(F)c1cc(F)cc(Br)c1. The second-order valence-corrected chi connectivity index (χ2v) is 3.32. The Morgan fingerprint density at radius 1 is 1.46 bits per heavy atom. The van der Waals surface area contributed by atoms with Crippen molar-refractivity contribution in [3.05, 3.63) is 34.1 Å². The molecular formula is C8H5BrF2O2. The zero-order valence-electron chi connectivity index (χ0n) is 6.30. The highest BCUT2D eigenvalue weighted by Gasteiger charge is 2.19. The maximum absolute atomic E-state index is 12.8. The average molecular weight is 251 g/mol. The quantitative estimate of drug-likeness (QED) is 0.877. The van der Waals surface area contributed by atoms with Crippen molar-refractivity contribution in [2.45, 2.75) is 6.17 Å². The number of hydrogen-bond donors (Lipinski definition) is 1. The van der Waals surface area contributed by atoms with Gasteiger partial charge in [0.2, 0.25) is 6.17 Å². The van der Waals surface area contributed by atoms with Gasteiger partial charge in [0.1, 0.15) is 5.82 Å². The molecule has 0 aliphatic carbocycles. The molecular weight excluding hydrogens is 246 g/mol. The van der Waals surface area contributed by atoms with Crippen LogP contribution in [0.25, 0.3) is 0 Å². The number of carboxylic acid groups (broad SMARTS) is 1. The van der Waals surface area contributed by atoms with E-state index in [-0.39, 0.29) is 5.56 Å². The molecule has 0 saturated heterocycles. The lowest BCUT2D eigenvalue weighted by atomic mass is 10.1. The number of rotatable bonds is 2. The van der Waals surface area contributed by atoms with Gasteiger partial charge in [-0.15, -0.1) is 0 Å². The second kappa shape index (κ2) is 3.83. The third-order valence-electron chi connectivity index (χ3n) is 1.39. The van der Waals surface area contributed by atoms with Crippen LogP contribution in [0.1, 0.15) is 11.7 Å². The highest BCUT2D eigenvalue weighted by molar-refractivity contribution is 9.10. The van der Waals surface area contributed by atoms with Gasteiger partial charge < -0.3 is 5.11 Å². The van der Waals surface area contributed by atoms with Crippen LogP contribution in [0.2, 0.25) is 0 Å². The van der Waals surface area contributed by atoms with Gasteiger partial charge in [-0.2, -0.15) is 0 Å². The highest BCUT2D eigenvalue weighted by atomic mass is 79.9. The Morgan fingerprint density at radius 2 is 2.08 bits per heavy atom. The molecule has 0 aliphatic heterocycles. The Bertz CT molecular complexity index is 321. The summed E-state index contributed by atoms with van der Waals surface area (Å²) in [5, 5.41) is 8.30. The average Bonchev–Trinajstić information content (AvgIpc) is 2.01. The van der Waals surface area contributed by atoms with Gasteiger partial charge in [0.15, 0.2) is 0 Å². The molecule has 0 heterocycles. The molecule has 13 heavy (non-hydrogen) atoms. The van der Waals surface area contributed by atoms with Crippen molar-refractivity contribution >= 4 is 21.9 Å². The molecule has 0 saturated carbocycles. The number of alkyl halides is 1. The normalized spacial score (nSPS) is 12.5. The molecule has 2 nitrogen and oxygen atoms in total. The standard InChI is InChI=1S/C8H5BrF2O2/c9-5-1-4(2-6(10)3-5)7(11)8(12)13/h1-3,7H,(H,12,13). The van der Waals surface area contributed by atoms with Gasteiger partial charge in [0.25, 0.3) is 0 Å². The Balaban J connectivity index is 3.07. The van der Waals surface area contributed by atoms with Crippen molar-refractivity contribution in [2.75, 3.05) is 0 Å². The summed E-state index contributed by atoms with van der Waals surface area (Å²) in [7, 11) is 0. The van der Waals surface area contributed by atoms with E-state index < -0.39 is 18.0 Å². The summed E-state index contributed by atoms with van der Waals surface area (Å²) in [5.41, 5.74) is -0.209. The number of halogens is 3. The first kappa shape index (κ1) is 10.1. The van der Waals surface area contributed by atoms with Crippen molar-refractivity contribution in [2.24, 2.45) is 0 Å². The van der Waals surface area contributed by atoms with Crippen LogP contribution in [0.15, 0.2) is 22.7 Å². The summed E-state index contributed by atoms with van der Waals surface area (Å²) in [6.45, 7) is 0. The number of carbonyl (C=O) groups is 1. The molecule has 0 amide bonds. The molecule has 0 fully saturated rings. The van der Waals surface area contributed by atoms with E-state index in [1.54, 1.807) is 0 Å². The predicted molar refractivity (Wildman–Crippen MR) is 45.6 cm³/mol. The summed E-state index contributed by atoms with van der Waals surface area (Å²) in [6.07, 6.45) is -2.19. The molecule has 1 atom stereocenters. The molecule has 0 aromatic heterocycles. The fourth-order valence-electron chi connectivity index (χ4n) is 0.864. The molecule has 70 valence electrons. The Labute approximate surface area is 81.3 Å². The van der Waals surface area contributed by atoms with Gasteiger partial charge in [0.05, 0.1) is 0 Å². The smallest absolute Gasteiger partial charge is 0.343 e. The summed E-state index contributed by atoms with van der Waals surface area (Å²) in [5.74, 6) is -2.30. The fraction of sp³-hybridized carbons (Fsp3) is 0.125. The van der Waals surface area contributed by atoms with E-state index in [1.165, 1.54) is 6.07 Å². The minimum atomic E-state index is -2.19. The Kier molecular flexibility index (Phi) is 2.98. The van der Waals surface area contributed by atoms with E-state index in [1.807, 2.05) is 0 Å². The first-order chi connectivity index (χ1) is 6.00. The summed E-state index contributed by atoms with van der Waals surface area (Å²) in [6, 6.07) is 3.20. The minimum absolute atomic E-state index is 0.209. The second-order valence-electron chi connectivity index (χ2n) is 2.40.